The number of piperazine rings is 1. The molecule has 4 heterocycles. The van der Waals surface area contributed by atoms with Crippen LogP contribution >= 0.6 is 0 Å². The van der Waals surface area contributed by atoms with E-state index in [0.717, 1.165) is 30.2 Å². The van der Waals surface area contributed by atoms with Crippen molar-refractivity contribution in [3.05, 3.63) is 60.2 Å². The molecule has 0 spiro atoms. The summed E-state index contributed by atoms with van der Waals surface area (Å²) in [6.07, 6.45) is 5.65. The van der Waals surface area contributed by atoms with Crippen LogP contribution in [0.15, 0.2) is 48.9 Å². The Morgan fingerprint density at radius 3 is 2.71 bits per heavy atom. The van der Waals surface area contributed by atoms with Gasteiger partial charge in [-0.1, -0.05) is 6.07 Å². The first-order valence-corrected chi connectivity index (χ1v) is 8.11. The summed E-state index contributed by atoms with van der Waals surface area (Å²) in [5.41, 5.74) is 2.45. The molecule has 4 rings (SSSR count). The molecule has 24 heavy (non-hydrogen) atoms. The quantitative estimate of drug-likeness (QED) is 0.724. The third-order valence-electron chi connectivity index (χ3n) is 4.37. The second kappa shape index (κ2) is 5.96. The van der Waals surface area contributed by atoms with Gasteiger partial charge in [0.1, 0.15) is 11.5 Å². The minimum absolute atomic E-state index is 0.0684. The normalized spacial score (nSPS) is 15.0. The van der Waals surface area contributed by atoms with Crippen LogP contribution in [-0.2, 0) is 0 Å². The van der Waals surface area contributed by atoms with Gasteiger partial charge in [-0.2, -0.15) is 0 Å². The van der Waals surface area contributed by atoms with Crippen LogP contribution in [-0.4, -0.2) is 51.4 Å². The Hall–Kier alpha value is -2.89. The molecule has 0 unspecified atom stereocenters. The van der Waals surface area contributed by atoms with E-state index in [4.69, 9.17) is 0 Å². The van der Waals surface area contributed by atoms with E-state index in [2.05, 4.69) is 14.9 Å². The Kier molecular flexibility index (Phi) is 3.65. The number of fused-ring (bicyclic) bond motifs is 1. The van der Waals surface area contributed by atoms with Crippen molar-refractivity contribution >= 4 is 17.4 Å². The van der Waals surface area contributed by atoms with E-state index in [1.54, 1.807) is 6.20 Å². The van der Waals surface area contributed by atoms with E-state index in [1.807, 2.05) is 58.9 Å². The van der Waals surface area contributed by atoms with Gasteiger partial charge in [0.2, 0.25) is 0 Å². The Morgan fingerprint density at radius 2 is 1.96 bits per heavy atom. The van der Waals surface area contributed by atoms with Gasteiger partial charge in [-0.25, -0.2) is 9.97 Å². The fraction of sp³-hybridized carbons (Fsp3) is 0.278. The summed E-state index contributed by atoms with van der Waals surface area (Å²) < 4.78 is 1.94. The molecule has 1 saturated heterocycles. The van der Waals surface area contributed by atoms with E-state index in [-0.39, 0.29) is 5.91 Å². The Bertz CT molecular complexity index is 866. The second-order valence-electron chi connectivity index (χ2n) is 6.03. The van der Waals surface area contributed by atoms with Crippen LogP contribution in [0.1, 0.15) is 16.1 Å². The first-order chi connectivity index (χ1) is 11.7. The zero-order valence-corrected chi connectivity index (χ0v) is 13.6. The van der Waals surface area contributed by atoms with Crippen LogP contribution in [0.25, 0.3) is 5.65 Å². The zero-order valence-electron chi connectivity index (χ0n) is 13.6. The number of aryl methyl sites for hydroxylation is 1. The molecule has 122 valence electrons. The number of rotatable bonds is 2. The van der Waals surface area contributed by atoms with Crippen LogP contribution in [0, 0.1) is 6.92 Å². The summed E-state index contributed by atoms with van der Waals surface area (Å²) in [5, 5.41) is 0. The van der Waals surface area contributed by atoms with Crippen LogP contribution in [0.5, 0.6) is 0 Å². The largest absolute Gasteiger partial charge is 0.353 e. The average molecular weight is 321 g/mol. The molecule has 0 aliphatic carbocycles. The van der Waals surface area contributed by atoms with E-state index < -0.39 is 0 Å². The van der Waals surface area contributed by atoms with Crippen LogP contribution < -0.4 is 4.90 Å². The van der Waals surface area contributed by atoms with E-state index in [9.17, 15) is 4.79 Å². The number of nitrogens with zero attached hydrogens (tertiary/aromatic N) is 5. The van der Waals surface area contributed by atoms with Crippen LogP contribution in [0.3, 0.4) is 0 Å². The predicted octanol–water partition coefficient (Wildman–Crippen LogP) is 2.00. The maximum absolute atomic E-state index is 12.7. The van der Waals surface area contributed by atoms with Gasteiger partial charge in [-0.05, 0) is 31.2 Å². The van der Waals surface area contributed by atoms with E-state index in [0.29, 0.717) is 18.7 Å². The number of anilines is 1. The molecule has 6 heteroatoms. The standard InChI is InChI=1S/C18H19N5O/c1-14-13-23-7-5-15(12-17(23)20-14)18(24)22-10-8-21(9-11-22)16-4-2-3-6-19-16/h2-7,12-13H,8-11H2,1H3. The number of amides is 1. The maximum Gasteiger partial charge on any atom is 0.254 e. The summed E-state index contributed by atoms with van der Waals surface area (Å²) in [4.78, 5) is 25.7. The molecule has 6 nitrogen and oxygen atoms in total. The van der Waals surface area contributed by atoms with Gasteiger partial charge in [-0.15, -0.1) is 0 Å². The predicted molar refractivity (Wildman–Crippen MR) is 92.3 cm³/mol. The molecule has 0 saturated carbocycles. The zero-order chi connectivity index (χ0) is 16.5. The smallest absolute Gasteiger partial charge is 0.254 e. The third kappa shape index (κ3) is 2.71. The molecular formula is C18H19N5O. The summed E-state index contributed by atoms with van der Waals surface area (Å²) >= 11 is 0. The number of aromatic nitrogens is 3. The first kappa shape index (κ1) is 14.7. The molecule has 0 aromatic carbocycles. The number of carbonyl (C=O) groups is 1. The van der Waals surface area contributed by atoms with Gasteiger partial charge in [0.15, 0.2) is 0 Å². The summed E-state index contributed by atoms with van der Waals surface area (Å²) in [5.74, 6) is 1.04. The summed E-state index contributed by atoms with van der Waals surface area (Å²) in [7, 11) is 0. The monoisotopic (exact) mass is 321 g/mol. The Labute approximate surface area is 140 Å². The highest BCUT2D eigenvalue weighted by Crippen LogP contribution is 2.15. The van der Waals surface area contributed by atoms with Crippen molar-refractivity contribution in [3.63, 3.8) is 0 Å². The van der Waals surface area contributed by atoms with Gasteiger partial charge >= 0.3 is 0 Å². The first-order valence-electron chi connectivity index (χ1n) is 8.11. The minimum atomic E-state index is 0.0684. The van der Waals surface area contributed by atoms with E-state index >= 15 is 0 Å². The topological polar surface area (TPSA) is 53.7 Å². The number of imidazole rings is 1. The van der Waals surface area contributed by atoms with Crippen molar-refractivity contribution in [1.29, 1.82) is 0 Å². The molecule has 3 aromatic rings. The molecule has 0 radical (unpaired) electrons. The van der Waals surface area contributed by atoms with Gasteiger partial charge in [0, 0.05) is 50.3 Å². The van der Waals surface area contributed by atoms with Gasteiger partial charge < -0.3 is 14.2 Å². The van der Waals surface area contributed by atoms with E-state index in [1.165, 1.54) is 0 Å². The fourth-order valence-corrected chi connectivity index (χ4v) is 3.10. The lowest BCUT2D eigenvalue weighted by atomic mass is 10.2. The molecule has 1 aliphatic rings. The molecule has 1 aliphatic heterocycles. The van der Waals surface area contributed by atoms with Crippen molar-refractivity contribution in [1.82, 2.24) is 19.3 Å². The highest BCUT2D eigenvalue weighted by molar-refractivity contribution is 5.95. The Morgan fingerprint density at radius 1 is 1.12 bits per heavy atom. The average Bonchev–Trinajstić information content (AvgIpc) is 3.01. The Balaban J connectivity index is 1.47. The van der Waals surface area contributed by atoms with Crippen molar-refractivity contribution < 1.29 is 4.79 Å². The lowest BCUT2D eigenvalue weighted by Crippen LogP contribution is -2.49. The molecule has 0 atom stereocenters. The lowest BCUT2D eigenvalue weighted by molar-refractivity contribution is 0.0746. The summed E-state index contributed by atoms with van der Waals surface area (Å²) in [6.45, 7) is 4.95. The van der Waals surface area contributed by atoms with Crippen molar-refractivity contribution in [2.45, 2.75) is 6.92 Å². The van der Waals surface area contributed by atoms with Gasteiger partial charge in [0.05, 0.1) is 5.69 Å². The van der Waals surface area contributed by atoms with Gasteiger partial charge in [-0.3, -0.25) is 4.79 Å². The summed E-state index contributed by atoms with van der Waals surface area (Å²) in [6, 6.07) is 9.63. The molecular weight excluding hydrogens is 302 g/mol. The minimum Gasteiger partial charge on any atom is -0.353 e. The van der Waals surface area contributed by atoms with Crippen molar-refractivity contribution in [3.8, 4) is 0 Å². The second-order valence-corrected chi connectivity index (χ2v) is 6.03. The number of hydrogen-bond donors (Lipinski definition) is 0. The molecule has 0 N–H and O–H groups in total. The highest BCUT2D eigenvalue weighted by atomic mass is 16.2. The molecule has 1 amide bonds. The molecule has 3 aromatic heterocycles. The number of carbonyl (C=O) groups excluding carboxylic acids is 1. The van der Waals surface area contributed by atoms with Gasteiger partial charge in [0.25, 0.3) is 5.91 Å². The number of hydrogen-bond acceptors (Lipinski definition) is 4. The van der Waals surface area contributed by atoms with Crippen LogP contribution in [0.2, 0.25) is 0 Å². The highest BCUT2D eigenvalue weighted by Gasteiger charge is 2.23. The van der Waals surface area contributed by atoms with Crippen LogP contribution in [0.4, 0.5) is 5.82 Å². The molecule has 0 bridgehead atoms. The fourth-order valence-electron chi connectivity index (χ4n) is 3.10. The third-order valence-corrected chi connectivity index (χ3v) is 4.37. The molecule has 1 fully saturated rings. The maximum atomic E-state index is 12.7. The number of pyridine rings is 2. The lowest BCUT2D eigenvalue weighted by Gasteiger charge is -2.35. The van der Waals surface area contributed by atoms with Crippen molar-refractivity contribution in [2.75, 3.05) is 31.1 Å². The van der Waals surface area contributed by atoms with Crippen molar-refractivity contribution in [2.24, 2.45) is 0 Å². The SMILES string of the molecule is Cc1cn2ccc(C(=O)N3CCN(c4ccccn4)CC3)cc2n1.